The minimum absolute atomic E-state index is 0.144. The smallest absolute Gasteiger partial charge is 0.223 e. The molecule has 0 radical (unpaired) electrons. The van der Waals surface area contributed by atoms with Crippen molar-refractivity contribution >= 4 is 5.91 Å². The minimum atomic E-state index is 0.144. The molecule has 0 aromatic heterocycles. The molecule has 0 aromatic rings. The van der Waals surface area contributed by atoms with E-state index in [0.29, 0.717) is 18.9 Å². The van der Waals surface area contributed by atoms with Crippen molar-refractivity contribution < 1.29 is 9.90 Å². The Morgan fingerprint density at radius 3 is 2.83 bits per heavy atom. The topological polar surface area (TPSA) is 49.3 Å². The van der Waals surface area contributed by atoms with Crippen LogP contribution in [-0.2, 0) is 4.79 Å². The van der Waals surface area contributed by atoms with Crippen LogP contribution in [0.5, 0.6) is 0 Å². The van der Waals surface area contributed by atoms with Gasteiger partial charge < -0.3 is 10.4 Å². The predicted octanol–water partition coefficient (Wildman–Crippen LogP) is 0.531. The summed E-state index contributed by atoms with van der Waals surface area (Å²) in [5.41, 5.74) is 0. The molecule has 1 aliphatic carbocycles. The third-order valence-corrected chi connectivity index (χ3v) is 2.38. The van der Waals surface area contributed by atoms with Gasteiger partial charge in [0.25, 0.3) is 0 Å². The normalized spacial score (nSPS) is 18.8. The van der Waals surface area contributed by atoms with Gasteiger partial charge >= 0.3 is 0 Å². The molecule has 1 unspecified atom stereocenters. The van der Waals surface area contributed by atoms with Gasteiger partial charge in [0.05, 0.1) is 0 Å². The van der Waals surface area contributed by atoms with E-state index in [2.05, 4.69) is 5.32 Å². The predicted molar refractivity (Wildman–Crippen MR) is 46.6 cm³/mol. The van der Waals surface area contributed by atoms with Crippen molar-refractivity contribution in [2.75, 3.05) is 13.2 Å². The standard InChI is InChI=1S/C9H17NO2/c1-7(8-3-4-8)9(12)10-5-2-6-11/h7-8,11H,2-6H2,1H3,(H,10,12). The second kappa shape index (κ2) is 4.45. The summed E-state index contributed by atoms with van der Waals surface area (Å²) >= 11 is 0. The number of rotatable bonds is 5. The second-order valence-electron chi connectivity index (χ2n) is 3.49. The van der Waals surface area contributed by atoms with Gasteiger partial charge in [-0.1, -0.05) is 6.92 Å². The third kappa shape index (κ3) is 2.81. The van der Waals surface area contributed by atoms with Crippen LogP contribution >= 0.6 is 0 Å². The first kappa shape index (κ1) is 9.52. The lowest BCUT2D eigenvalue weighted by Gasteiger charge is -2.09. The average Bonchev–Trinajstić information content (AvgIpc) is 2.86. The molecule has 0 bridgehead atoms. The van der Waals surface area contributed by atoms with E-state index in [1.165, 1.54) is 12.8 Å². The highest BCUT2D eigenvalue weighted by atomic mass is 16.3. The largest absolute Gasteiger partial charge is 0.396 e. The fraction of sp³-hybridized carbons (Fsp3) is 0.889. The van der Waals surface area contributed by atoms with Crippen molar-refractivity contribution in [3.8, 4) is 0 Å². The summed E-state index contributed by atoms with van der Waals surface area (Å²) in [5.74, 6) is 0.939. The summed E-state index contributed by atoms with van der Waals surface area (Å²) in [7, 11) is 0. The first-order valence-corrected chi connectivity index (χ1v) is 4.64. The molecule has 3 heteroatoms. The maximum atomic E-state index is 11.3. The van der Waals surface area contributed by atoms with Gasteiger partial charge in [0.15, 0.2) is 0 Å². The van der Waals surface area contributed by atoms with Crippen molar-refractivity contribution in [1.82, 2.24) is 5.32 Å². The van der Waals surface area contributed by atoms with Gasteiger partial charge in [-0.15, -0.1) is 0 Å². The van der Waals surface area contributed by atoms with Crippen LogP contribution in [0.2, 0.25) is 0 Å². The maximum absolute atomic E-state index is 11.3. The third-order valence-electron chi connectivity index (χ3n) is 2.38. The van der Waals surface area contributed by atoms with Crippen LogP contribution in [0.15, 0.2) is 0 Å². The zero-order chi connectivity index (χ0) is 8.97. The lowest BCUT2D eigenvalue weighted by atomic mass is 10.1. The molecule has 3 nitrogen and oxygen atoms in total. The molecule has 1 fully saturated rings. The highest BCUT2D eigenvalue weighted by Crippen LogP contribution is 2.36. The Balaban J connectivity index is 2.09. The van der Waals surface area contributed by atoms with Crippen LogP contribution < -0.4 is 5.32 Å². The van der Waals surface area contributed by atoms with Crippen molar-refractivity contribution in [3.05, 3.63) is 0 Å². The monoisotopic (exact) mass is 171 g/mol. The molecule has 0 saturated heterocycles. The Bertz CT molecular complexity index is 155. The lowest BCUT2D eigenvalue weighted by molar-refractivity contribution is -0.125. The summed E-state index contributed by atoms with van der Waals surface area (Å²) in [5, 5.41) is 11.3. The van der Waals surface area contributed by atoms with Crippen LogP contribution in [-0.4, -0.2) is 24.2 Å². The van der Waals surface area contributed by atoms with Gasteiger partial charge in [-0.3, -0.25) is 4.79 Å². The van der Waals surface area contributed by atoms with Crippen LogP contribution in [0.3, 0.4) is 0 Å². The van der Waals surface area contributed by atoms with Gasteiger partial charge in [0, 0.05) is 19.1 Å². The number of aliphatic hydroxyl groups is 1. The number of carbonyl (C=O) groups is 1. The summed E-state index contributed by atoms with van der Waals surface area (Å²) in [6, 6.07) is 0. The Kier molecular flexibility index (Phi) is 3.53. The van der Waals surface area contributed by atoms with E-state index >= 15 is 0 Å². The van der Waals surface area contributed by atoms with Gasteiger partial charge in [-0.2, -0.15) is 0 Å². The fourth-order valence-electron chi connectivity index (χ4n) is 1.26. The van der Waals surface area contributed by atoms with Crippen molar-refractivity contribution in [1.29, 1.82) is 0 Å². The Labute approximate surface area is 73.2 Å². The summed E-state index contributed by atoms with van der Waals surface area (Å²) in [6.07, 6.45) is 3.06. The Morgan fingerprint density at radius 2 is 2.33 bits per heavy atom. The first-order chi connectivity index (χ1) is 5.75. The van der Waals surface area contributed by atoms with Crippen LogP contribution in [0.1, 0.15) is 26.2 Å². The van der Waals surface area contributed by atoms with E-state index in [9.17, 15) is 4.79 Å². The summed E-state index contributed by atoms with van der Waals surface area (Å²) < 4.78 is 0. The second-order valence-corrected chi connectivity index (χ2v) is 3.49. The number of nitrogens with one attached hydrogen (secondary N) is 1. The van der Waals surface area contributed by atoms with Gasteiger partial charge in [0.2, 0.25) is 5.91 Å². The molecule has 1 saturated carbocycles. The Hall–Kier alpha value is -0.570. The first-order valence-electron chi connectivity index (χ1n) is 4.64. The number of carbonyl (C=O) groups excluding carboxylic acids is 1. The molecule has 1 atom stereocenters. The Morgan fingerprint density at radius 1 is 1.67 bits per heavy atom. The molecular weight excluding hydrogens is 154 g/mol. The van der Waals surface area contributed by atoms with Crippen LogP contribution in [0.25, 0.3) is 0 Å². The van der Waals surface area contributed by atoms with Crippen molar-refractivity contribution in [3.63, 3.8) is 0 Å². The van der Waals surface area contributed by atoms with Gasteiger partial charge in [0.1, 0.15) is 0 Å². The fourth-order valence-corrected chi connectivity index (χ4v) is 1.26. The molecule has 1 aliphatic rings. The maximum Gasteiger partial charge on any atom is 0.223 e. The molecule has 2 N–H and O–H groups in total. The molecule has 0 aliphatic heterocycles. The number of hydrogen-bond acceptors (Lipinski definition) is 2. The van der Waals surface area contributed by atoms with Gasteiger partial charge in [-0.05, 0) is 25.2 Å². The molecule has 1 amide bonds. The molecule has 0 spiro atoms. The SMILES string of the molecule is CC(C(=O)NCCCO)C1CC1. The lowest BCUT2D eigenvalue weighted by Crippen LogP contribution is -2.31. The van der Waals surface area contributed by atoms with Crippen LogP contribution in [0, 0.1) is 11.8 Å². The van der Waals surface area contributed by atoms with E-state index in [1.54, 1.807) is 0 Å². The van der Waals surface area contributed by atoms with Crippen LogP contribution in [0.4, 0.5) is 0 Å². The molecule has 0 aromatic carbocycles. The van der Waals surface area contributed by atoms with Crippen molar-refractivity contribution in [2.24, 2.45) is 11.8 Å². The minimum Gasteiger partial charge on any atom is -0.396 e. The van der Waals surface area contributed by atoms with Crippen molar-refractivity contribution in [2.45, 2.75) is 26.2 Å². The zero-order valence-corrected chi connectivity index (χ0v) is 7.55. The number of hydrogen-bond donors (Lipinski definition) is 2. The number of amides is 1. The zero-order valence-electron chi connectivity index (χ0n) is 7.55. The average molecular weight is 171 g/mol. The molecule has 70 valence electrons. The molecule has 12 heavy (non-hydrogen) atoms. The molecule has 0 heterocycles. The molecule has 1 rings (SSSR count). The summed E-state index contributed by atoms with van der Waals surface area (Å²) in [4.78, 5) is 11.3. The van der Waals surface area contributed by atoms with E-state index in [-0.39, 0.29) is 18.4 Å². The molecular formula is C9H17NO2. The highest BCUT2D eigenvalue weighted by molar-refractivity contribution is 5.78. The van der Waals surface area contributed by atoms with E-state index in [0.717, 1.165) is 0 Å². The van der Waals surface area contributed by atoms with Gasteiger partial charge in [-0.25, -0.2) is 0 Å². The quantitative estimate of drug-likeness (QED) is 0.593. The highest BCUT2D eigenvalue weighted by Gasteiger charge is 2.32. The summed E-state index contributed by atoms with van der Waals surface area (Å²) in [6.45, 7) is 2.73. The van der Waals surface area contributed by atoms with E-state index in [1.807, 2.05) is 6.92 Å². The number of aliphatic hydroxyl groups excluding tert-OH is 1. The van der Waals surface area contributed by atoms with E-state index < -0.39 is 0 Å². The van der Waals surface area contributed by atoms with E-state index in [4.69, 9.17) is 5.11 Å².